The highest BCUT2D eigenvalue weighted by atomic mass is 35.5. The maximum absolute atomic E-state index is 12.4. The normalized spacial score (nSPS) is 12.0. The fourth-order valence-electron chi connectivity index (χ4n) is 2.41. The Balaban J connectivity index is 1.73. The molecule has 0 N–H and O–H groups in total. The first kappa shape index (κ1) is 19.7. The Hall–Kier alpha value is -2.09. The van der Waals surface area contributed by atoms with Crippen molar-refractivity contribution < 1.29 is 18.2 Å². The van der Waals surface area contributed by atoms with Crippen LogP contribution in [-0.2, 0) is 22.3 Å². The Kier molecular flexibility index (Phi) is 6.36. The lowest BCUT2D eigenvalue weighted by molar-refractivity contribution is 0.387. The van der Waals surface area contributed by atoms with Crippen LogP contribution < -0.4 is 9.47 Å². The van der Waals surface area contributed by atoms with Crippen LogP contribution in [0.3, 0.4) is 0 Å². The van der Waals surface area contributed by atoms with Crippen molar-refractivity contribution in [1.82, 2.24) is 10.1 Å². The molecule has 0 radical (unpaired) electrons. The van der Waals surface area contributed by atoms with E-state index in [9.17, 15) is 4.21 Å². The van der Waals surface area contributed by atoms with Crippen LogP contribution in [0.15, 0.2) is 40.9 Å². The predicted molar refractivity (Wildman–Crippen MR) is 105 cm³/mol. The molecule has 0 saturated heterocycles. The summed E-state index contributed by atoms with van der Waals surface area (Å²) in [6.07, 6.45) is 0. The third-order valence-corrected chi connectivity index (χ3v) is 5.52. The van der Waals surface area contributed by atoms with Gasteiger partial charge in [0.1, 0.15) is 17.3 Å². The second kappa shape index (κ2) is 8.73. The van der Waals surface area contributed by atoms with E-state index in [-0.39, 0.29) is 17.4 Å². The minimum absolute atomic E-state index is 0.116. The largest absolute Gasteiger partial charge is 0.497 e. The number of hydrogen-bond donors (Lipinski definition) is 0. The summed E-state index contributed by atoms with van der Waals surface area (Å²) in [5.74, 6) is 2.21. The maximum atomic E-state index is 12.4. The molecule has 0 amide bonds. The van der Waals surface area contributed by atoms with Gasteiger partial charge in [-0.25, -0.2) is 0 Å². The SMILES string of the molecule is COc1ccc(-c2noc(C[S@@](=O)Cc3ccc(Cl)cc3Cl)n2)c(OC)c1. The number of nitrogens with zero attached hydrogens (tertiary/aromatic N) is 2. The van der Waals surface area contributed by atoms with Crippen molar-refractivity contribution in [3.8, 4) is 22.9 Å². The van der Waals surface area contributed by atoms with Gasteiger partial charge in [-0.3, -0.25) is 4.21 Å². The summed E-state index contributed by atoms with van der Waals surface area (Å²) in [5, 5.41) is 4.96. The number of halogens is 2. The molecule has 0 aliphatic carbocycles. The fraction of sp³-hybridized carbons (Fsp3) is 0.222. The lowest BCUT2D eigenvalue weighted by Gasteiger charge is -2.07. The van der Waals surface area contributed by atoms with Gasteiger partial charge in [0.15, 0.2) is 0 Å². The first-order chi connectivity index (χ1) is 13.0. The van der Waals surface area contributed by atoms with Crippen LogP contribution in [0.4, 0.5) is 0 Å². The average Bonchev–Trinajstić information content (AvgIpc) is 3.11. The van der Waals surface area contributed by atoms with E-state index in [1.807, 2.05) is 0 Å². The average molecular weight is 427 g/mol. The molecule has 1 aromatic heterocycles. The molecule has 3 rings (SSSR count). The number of methoxy groups -OCH3 is 2. The molecule has 0 spiro atoms. The molecule has 9 heteroatoms. The van der Waals surface area contributed by atoms with Gasteiger partial charge in [-0.05, 0) is 29.8 Å². The molecule has 0 fully saturated rings. The summed E-state index contributed by atoms with van der Waals surface area (Å²) in [6.45, 7) is 0. The second-order valence-electron chi connectivity index (χ2n) is 5.54. The van der Waals surface area contributed by atoms with Crippen LogP contribution in [0.5, 0.6) is 11.5 Å². The van der Waals surface area contributed by atoms with Gasteiger partial charge >= 0.3 is 0 Å². The molecule has 2 aromatic carbocycles. The Morgan fingerprint density at radius 1 is 1.07 bits per heavy atom. The van der Waals surface area contributed by atoms with Gasteiger partial charge in [0.05, 0.1) is 25.5 Å². The first-order valence-corrected chi connectivity index (χ1v) is 10.1. The van der Waals surface area contributed by atoms with Crippen molar-refractivity contribution in [2.24, 2.45) is 0 Å². The molecule has 6 nitrogen and oxygen atoms in total. The Morgan fingerprint density at radius 2 is 1.89 bits per heavy atom. The monoisotopic (exact) mass is 426 g/mol. The van der Waals surface area contributed by atoms with E-state index < -0.39 is 10.8 Å². The molecule has 0 saturated carbocycles. The van der Waals surface area contributed by atoms with Crippen molar-refractivity contribution in [2.75, 3.05) is 14.2 Å². The number of rotatable bonds is 7. The Bertz CT molecular complexity index is 978. The molecule has 1 atom stereocenters. The fourth-order valence-corrected chi connectivity index (χ4v) is 4.05. The standard InChI is InChI=1S/C18H16Cl2N2O4S/c1-24-13-5-6-14(16(8-13)25-2)18-21-17(26-22-18)10-27(23)9-11-3-4-12(19)7-15(11)20/h3-8H,9-10H2,1-2H3/t27-/m0/s1. The third kappa shape index (κ3) is 4.80. The van der Waals surface area contributed by atoms with Crippen molar-refractivity contribution >= 4 is 34.0 Å². The Labute approximate surface area is 168 Å². The van der Waals surface area contributed by atoms with Gasteiger partial charge in [-0.15, -0.1) is 0 Å². The topological polar surface area (TPSA) is 74.5 Å². The van der Waals surface area contributed by atoms with Gasteiger partial charge in [0.25, 0.3) is 0 Å². The van der Waals surface area contributed by atoms with E-state index in [1.165, 1.54) is 0 Å². The lowest BCUT2D eigenvalue weighted by atomic mass is 10.2. The predicted octanol–water partition coefficient (Wildman–Crippen LogP) is 4.51. The Morgan fingerprint density at radius 3 is 2.59 bits per heavy atom. The highest BCUT2D eigenvalue weighted by molar-refractivity contribution is 7.83. The van der Waals surface area contributed by atoms with Gasteiger partial charge in [0.2, 0.25) is 11.7 Å². The van der Waals surface area contributed by atoms with Gasteiger partial charge in [-0.2, -0.15) is 4.98 Å². The van der Waals surface area contributed by atoms with Gasteiger partial charge in [-0.1, -0.05) is 34.4 Å². The lowest BCUT2D eigenvalue weighted by Crippen LogP contribution is -2.00. The molecule has 0 aliphatic rings. The van der Waals surface area contributed by atoms with E-state index >= 15 is 0 Å². The van der Waals surface area contributed by atoms with Crippen molar-refractivity contribution in [1.29, 1.82) is 0 Å². The molecule has 0 aliphatic heterocycles. The summed E-state index contributed by atoms with van der Waals surface area (Å²) >= 11 is 12.0. The van der Waals surface area contributed by atoms with E-state index in [0.29, 0.717) is 32.9 Å². The summed E-state index contributed by atoms with van der Waals surface area (Å²) in [6, 6.07) is 10.4. The minimum Gasteiger partial charge on any atom is -0.497 e. The third-order valence-electron chi connectivity index (χ3n) is 3.73. The van der Waals surface area contributed by atoms with E-state index in [2.05, 4.69) is 10.1 Å². The van der Waals surface area contributed by atoms with Crippen LogP contribution in [0.25, 0.3) is 11.4 Å². The van der Waals surface area contributed by atoms with Gasteiger partial charge in [0, 0.05) is 26.9 Å². The highest BCUT2D eigenvalue weighted by Crippen LogP contribution is 2.31. The number of benzene rings is 2. The van der Waals surface area contributed by atoms with Crippen LogP contribution in [0.1, 0.15) is 11.5 Å². The zero-order chi connectivity index (χ0) is 19.4. The number of ether oxygens (including phenoxy) is 2. The summed E-state index contributed by atoms with van der Waals surface area (Å²) in [7, 11) is 1.85. The smallest absolute Gasteiger partial charge is 0.239 e. The highest BCUT2D eigenvalue weighted by Gasteiger charge is 2.16. The zero-order valence-corrected chi connectivity index (χ0v) is 16.9. The second-order valence-corrected chi connectivity index (χ2v) is 7.84. The maximum Gasteiger partial charge on any atom is 0.239 e. The molecule has 0 bridgehead atoms. The quantitative estimate of drug-likeness (QED) is 0.553. The van der Waals surface area contributed by atoms with Crippen LogP contribution in [0, 0.1) is 0 Å². The summed E-state index contributed by atoms with van der Waals surface area (Å²) in [4.78, 5) is 4.32. The van der Waals surface area contributed by atoms with Crippen LogP contribution in [0.2, 0.25) is 10.0 Å². The molecular weight excluding hydrogens is 411 g/mol. The molecular formula is C18H16Cl2N2O4S. The minimum atomic E-state index is -1.27. The summed E-state index contributed by atoms with van der Waals surface area (Å²) < 4.78 is 28.2. The van der Waals surface area contributed by atoms with E-state index in [1.54, 1.807) is 50.6 Å². The van der Waals surface area contributed by atoms with Crippen molar-refractivity contribution in [3.05, 3.63) is 57.9 Å². The van der Waals surface area contributed by atoms with E-state index in [0.717, 1.165) is 5.56 Å². The van der Waals surface area contributed by atoms with Crippen LogP contribution >= 0.6 is 23.2 Å². The van der Waals surface area contributed by atoms with Gasteiger partial charge < -0.3 is 14.0 Å². The molecule has 3 aromatic rings. The molecule has 0 unspecified atom stereocenters. The molecule has 142 valence electrons. The van der Waals surface area contributed by atoms with E-state index in [4.69, 9.17) is 37.2 Å². The number of aromatic nitrogens is 2. The summed E-state index contributed by atoms with van der Waals surface area (Å²) in [5.41, 5.74) is 1.40. The molecule has 27 heavy (non-hydrogen) atoms. The first-order valence-electron chi connectivity index (χ1n) is 7.84. The van der Waals surface area contributed by atoms with Crippen molar-refractivity contribution in [3.63, 3.8) is 0 Å². The van der Waals surface area contributed by atoms with Crippen LogP contribution in [-0.4, -0.2) is 28.6 Å². The van der Waals surface area contributed by atoms with Crippen molar-refractivity contribution in [2.45, 2.75) is 11.5 Å². The number of hydrogen-bond acceptors (Lipinski definition) is 6. The zero-order valence-electron chi connectivity index (χ0n) is 14.6. The molecule has 1 heterocycles.